The van der Waals surface area contributed by atoms with E-state index >= 15 is 0 Å². The number of rotatable bonds is 2. The molecule has 1 aliphatic heterocycles. The van der Waals surface area contributed by atoms with Crippen molar-refractivity contribution in [3.05, 3.63) is 11.8 Å². The molecule has 0 saturated heterocycles. The molecule has 0 aliphatic carbocycles. The van der Waals surface area contributed by atoms with Crippen molar-refractivity contribution in [3.8, 4) is 0 Å². The maximum atomic E-state index is 10.3. The van der Waals surface area contributed by atoms with Crippen LogP contribution in [-0.2, 0) is 9.53 Å². The second kappa shape index (κ2) is 3.40. The van der Waals surface area contributed by atoms with E-state index in [4.69, 9.17) is 4.74 Å². The van der Waals surface area contributed by atoms with Gasteiger partial charge in [0.05, 0.1) is 12.9 Å². The summed E-state index contributed by atoms with van der Waals surface area (Å²) in [7, 11) is 0. The Balaban J connectivity index is 2.52. The first-order chi connectivity index (χ1) is 4.84. The molecule has 1 aliphatic rings. The topological polar surface area (TPSA) is 26.3 Å². The van der Waals surface area contributed by atoms with E-state index in [2.05, 4.69) is 0 Å². The van der Waals surface area contributed by atoms with E-state index in [0.717, 1.165) is 31.3 Å². The van der Waals surface area contributed by atoms with Crippen LogP contribution < -0.4 is 0 Å². The third kappa shape index (κ3) is 1.59. The summed E-state index contributed by atoms with van der Waals surface area (Å²) >= 11 is 0. The maximum Gasteiger partial charge on any atom is 0.126 e. The zero-order valence-corrected chi connectivity index (χ0v) is 6.17. The molecule has 0 spiro atoms. The Morgan fingerprint density at radius 3 is 3.10 bits per heavy atom. The molecular formula is C8H12O2. The first-order valence-electron chi connectivity index (χ1n) is 3.60. The average Bonchev–Trinajstić information content (AvgIpc) is 2.05. The Kier molecular flexibility index (Phi) is 2.49. The van der Waals surface area contributed by atoms with Gasteiger partial charge in [-0.15, -0.1) is 0 Å². The molecule has 0 saturated carbocycles. The number of carbonyl (C=O) groups excluding carboxylic acids is 1. The zero-order valence-electron chi connectivity index (χ0n) is 6.17. The standard InChI is InChI=1S/C8H12O2/c1-7(5-9)8-3-2-4-10-6-8/h5-7H,2-4H2,1H3. The van der Waals surface area contributed by atoms with Crippen LogP contribution in [0.5, 0.6) is 0 Å². The van der Waals surface area contributed by atoms with Gasteiger partial charge >= 0.3 is 0 Å². The minimum absolute atomic E-state index is 0.0419. The summed E-state index contributed by atoms with van der Waals surface area (Å²) in [5.74, 6) is 0.0419. The van der Waals surface area contributed by atoms with Gasteiger partial charge in [0.15, 0.2) is 0 Å². The third-order valence-corrected chi connectivity index (χ3v) is 1.75. The lowest BCUT2D eigenvalue weighted by Crippen LogP contribution is -2.07. The van der Waals surface area contributed by atoms with Crippen molar-refractivity contribution >= 4 is 6.29 Å². The highest BCUT2D eigenvalue weighted by Gasteiger charge is 2.10. The third-order valence-electron chi connectivity index (χ3n) is 1.75. The van der Waals surface area contributed by atoms with E-state index in [9.17, 15) is 4.79 Å². The maximum absolute atomic E-state index is 10.3. The summed E-state index contributed by atoms with van der Waals surface area (Å²) < 4.78 is 5.08. The molecule has 56 valence electrons. The van der Waals surface area contributed by atoms with Crippen molar-refractivity contribution in [2.24, 2.45) is 5.92 Å². The fourth-order valence-electron chi connectivity index (χ4n) is 1.01. The minimum atomic E-state index is 0.0419. The molecule has 1 rings (SSSR count). The molecular weight excluding hydrogens is 128 g/mol. The highest BCUT2D eigenvalue weighted by molar-refractivity contribution is 5.57. The van der Waals surface area contributed by atoms with Crippen molar-refractivity contribution in [1.82, 2.24) is 0 Å². The number of carbonyl (C=O) groups is 1. The van der Waals surface area contributed by atoms with E-state index in [-0.39, 0.29) is 5.92 Å². The van der Waals surface area contributed by atoms with E-state index in [1.807, 2.05) is 6.92 Å². The molecule has 2 nitrogen and oxygen atoms in total. The monoisotopic (exact) mass is 140 g/mol. The van der Waals surface area contributed by atoms with Crippen molar-refractivity contribution in [3.63, 3.8) is 0 Å². The largest absolute Gasteiger partial charge is 0.501 e. The van der Waals surface area contributed by atoms with Crippen molar-refractivity contribution in [2.45, 2.75) is 19.8 Å². The fourth-order valence-corrected chi connectivity index (χ4v) is 1.01. The van der Waals surface area contributed by atoms with E-state index in [1.165, 1.54) is 0 Å². The Morgan fingerprint density at radius 2 is 2.60 bits per heavy atom. The number of ether oxygens (including phenoxy) is 1. The summed E-state index contributed by atoms with van der Waals surface area (Å²) in [6.07, 6.45) is 4.74. The molecule has 2 heteroatoms. The minimum Gasteiger partial charge on any atom is -0.501 e. The van der Waals surface area contributed by atoms with Crippen molar-refractivity contribution < 1.29 is 9.53 Å². The van der Waals surface area contributed by atoms with Crippen LogP contribution in [-0.4, -0.2) is 12.9 Å². The highest BCUT2D eigenvalue weighted by Crippen LogP contribution is 2.18. The van der Waals surface area contributed by atoms with Crippen molar-refractivity contribution in [2.75, 3.05) is 6.61 Å². The molecule has 0 radical (unpaired) electrons. The van der Waals surface area contributed by atoms with Crippen LogP contribution in [0.1, 0.15) is 19.8 Å². The average molecular weight is 140 g/mol. The molecule has 1 atom stereocenters. The lowest BCUT2D eigenvalue weighted by atomic mass is 9.99. The molecule has 1 heterocycles. The number of allylic oxidation sites excluding steroid dienone is 1. The molecule has 0 amide bonds. The molecule has 0 bridgehead atoms. The van der Waals surface area contributed by atoms with Gasteiger partial charge in [-0.05, 0) is 18.4 Å². The van der Waals surface area contributed by atoms with Gasteiger partial charge in [0.1, 0.15) is 6.29 Å². The SMILES string of the molecule is CC(C=O)C1=COCCC1. The lowest BCUT2D eigenvalue weighted by molar-refractivity contribution is -0.109. The second-order valence-corrected chi connectivity index (χ2v) is 2.59. The van der Waals surface area contributed by atoms with Gasteiger partial charge in [-0.1, -0.05) is 6.92 Å². The predicted octanol–water partition coefficient (Wildman–Crippen LogP) is 1.52. The van der Waals surface area contributed by atoms with Crippen LogP contribution in [0.2, 0.25) is 0 Å². The normalized spacial score (nSPS) is 20.7. The predicted molar refractivity (Wildman–Crippen MR) is 38.5 cm³/mol. The van der Waals surface area contributed by atoms with E-state index in [1.54, 1.807) is 6.26 Å². The Hall–Kier alpha value is -0.790. The molecule has 0 fully saturated rings. The van der Waals surface area contributed by atoms with Crippen LogP contribution in [0.3, 0.4) is 0 Å². The Labute approximate surface area is 60.9 Å². The van der Waals surface area contributed by atoms with Crippen LogP contribution >= 0.6 is 0 Å². The Bertz CT molecular complexity index is 149. The summed E-state index contributed by atoms with van der Waals surface area (Å²) in [5, 5.41) is 0. The van der Waals surface area contributed by atoms with Crippen LogP contribution in [0, 0.1) is 5.92 Å². The van der Waals surface area contributed by atoms with Gasteiger partial charge in [0, 0.05) is 5.92 Å². The van der Waals surface area contributed by atoms with Gasteiger partial charge in [0.25, 0.3) is 0 Å². The number of hydrogen-bond acceptors (Lipinski definition) is 2. The smallest absolute Gasteiger partial charge is 0.126 e. The molecule has 1 unspecified atom stereocenters. The van der Waals surface area contributed by atoms with Crippen LogP contribution in [0.25, 0.3) is 0 Å². The molecule has 10 heavy (non-hydrogen) atoms. The van der Waals surface area contributed by atoms with Gasteiger partial charge in [-0.25, -0.2) is 0 Å². The number of aldehydes is 1. The van der Waals surface area contributed by atoms with Crippen LogP contribution in [0.4, 0.5) is 0 Å². The van der Waals surface area contributed by atoms with Gasteiger partial charge in [0.2, 0.25) is 0 Å². The Morgan fingerprint density at radius 1 is 1.80 bits per heavy atom. The second-order valence-electron chi connectivity index (χ2n) is 2.59. The van der Waals surface area contributed by atoms with Gasteiger partial charge < -0.3 is 9.53 Å². The van der Waals surface area contributed by atoms with Gasteiger partial charge in [-0.3, -0.25) is 0 Å². The lowest BCUT2D eigenvalue weighted by Gasteiger charge is -2.15. The summed E-state index contributed by atoms with van der Waals surface area (Å²) in [4.78, 5) is 10.3. The van der Waals surface area contributed by atoms with E-state index in [0.29, 0.717) is 0 Å². The quantitative estimate of drug-likeness (QED) is 0.543. The summed E-state index contributed by atoms with van der Waals surface area (Å²) in [6, 6.07) is 0. The molecule has 0 aromatic rings. The van der Waals surface area contributed by atoms with Crippen LogP contribution in [0.15, 0.2) is 11.8 Å². The first kappa shape index (κ1) is 7.32. The van der Waals surface area contributed by atoms with E-state index < -0.39 is 0 Å². The summed E-state index contributed by atoms with van der Waals surface area (Å²) in [5.41, 5.74) is 1.13. The fraction of sp³-hybridized carbons (Fsp3) is 0.625. The zero-order chi connectivity index (χ0) is 7.40. The molecule has 0 aromatic carbocycles. The highest BCUT2D eigenvalue weighted by atomic mass is 16.5. The molecule has 0 N–H and O–H groups in total. The van der Waals surface area contributed by atoms with Gasteiger partial charge in [-0.2, -0.15) is 0 Å². The first-order valence-corrected chi connectivity index (χ1v) is 3.60. The summed E-state index contributed by atoms with van der Waals surface area (Å²) in [6.45, 7) is 2.70. The van der Waals surface area contributed by atoms with Crippen molar-refractivity contribution in [1.29, 1.82) is 0 Å². The molecule has 0 aromatic heterocycles. The number of hydrogen-bond donors (Lipinski definition) is 0.